The van der Waals surface area contributed by atoms with Gasteiger partial charge < -0.3 is 9.67 Å². The molecule has 0 spiro atoms. The maximum Gasteiger partial charge on any atom is 0.242 e. The third kappa shape index (κ3) is 4.01. The van der Waals surface area contributed by atoms with E-state index in [2.05, 4.69) is 4.72 Å². The molecule has 1 unspecified atom stereocenters. The average molecular weight is 292 g/mol. The maximum absolute atomic E-state index is 12.0. The summed E-state index contributed by atoms with van der Waals surface area (Å²) in [6.45, 7) is 2.25. The van der Waals surface area contributed by atoms with Crippen LogP contribution in [0.1, 0.15) is 12.6 Å². The standard InChI is InChI=1S/C11H20N2O3S2/c1-9(8-17-3)5-12-18(15,16)11-4-10(7-14)13(2)6-11/h4,6,9,12,14H,5,7-8H2,1-3H3. The smallest absolute Gasteiger partial charge is 0.242 e. The zero-order valence-electron chi connectivity index (χ0n) is 10.9. The molecule has 1 heterocycles. The molecule has 7 heteroatoms. The molecule has 0 saturated heterocycles. The Labute approximate surface area is 113 Å². The monoisotopic (exact) mass is 292 g/mol. The summed E-state index contributed by atoms with van der Waals surface area (Å²) in [4.78, 5) is 0.199. The molecule has 5 nitrogen and oxygen atoms in total. The molecule has 0 radical (unpaired) electrons. The number of sulfonamides is 1. The Morgan fingerprint density at radius 1 is 1.56 bits per heavy atom. The van der Waals surface area contributed by atoms with Gasteiger partial charge in [-0.3, -0.25) is 0 Å². The molecule has 104 valence electrons. The molecule has 0 saturated carbocycles. The van der Waals surface area contributed by atoms with E-state index in [0.717, 1.165) is 5.75 Å². The van der Waals surface area contributed by atoms with Crippen molar-refractivity contribution in [1.29, 1.82) is 0 Å². The lowest BCUT2D eigenvalue weighted by Crippen LogP contribution is -2.29. The molecular weight excluding hydrogens is 272 g/mol. The molecule has 0 aliphatic rings. The second-order valence-corrected chi connectivity index (χ2v) is 7.03. The molecular formula is C11H20N2O3S2. The number of rotatable bonds is 7. The van der Waals surface area contributed by atoms with Gasteiger partial charge >= 0.3 is 0 Å². The molecule has 18 heavy (non-hydrogen) atoms. The Balaban J connectivity index is 2.74. The molecule has 2 N–H and O–H groups in total. The van der Waals surface area contributed by atoms with Crippen LogP contribution in [0.4, 0.5) is 0 Å². The summed E-state index contributed by atoms with van der Waals surface area (Å²) in [5.74, 6) is 1.20. The predicted octanol–water partition coefficient (Wildman–Crippen LogP) is 0.795. The molecule has 0 aromatic carbocycles. The Morgan fingerprint density at radius 2 is 2.22 bits per heavy atom. The number of aryl methyl sites for hydroxylation is 1. The first-order chi connectivity index (χ1) is 8.40. The van der Waals surface area contributed by atoms with Crippen molar-refractivity contribution in [3.8, 4) is 0 Å². The summed E-state index contributed by atoms with van der Waals surface area (Å²) < 4.78 is 28.2. The van der Waals surface area contributed by atoms with Crippen molar-refractivity contribution >= 4 is 21.8 Å². The Kier molecular flexibility index (Phi) is 5.71. The van der Waals surface area contributed by atoms with E-state index in [1.54, 1.807) is 23.4 Å². The first kappa shape index (κ1) is 15.6. The fraction of sp³-hybridized carbons (Fsp3) is 0.636. The van der Waals surface area contributed by atoms with Crippen LogP contribution in [-0.4, -0.2) is 36.6 Å². The van der Waals surface area contributed by atoms with Crippen molar-refractivity contribution in [2.75, 3.05) is 18.6 Å². The fourth-order valence-electron chi connectivity index (χ4n) is 1.56. The number of thioether (sulfide) groups is 1. The fourth-order valence-corrected chi connectivity index (χ4v) is 3.51. The molecule has 1 rings (SSSR count). The first-order valence-electron chi connectivity index (χ1n) is 5.65. The van der Waals surface area contributed by atoms with Crippen LogP contribution >= 0.6 is 11.8 Å². The van der Waals surface area contributed by atoms with E-state index < -0.39 is 10.0 Å². The van der Waals surface area contributed by atoms with Crippen molar-refractivity contribution in [3.05, 3.63) is 18.0 Å². The van der Waals surface area contributed by atoms with Gasteiger partial charge in [0.05, 0.1) is 11.5 Å². The second-order valence-electron chi connectivity index (χ2n) is 4.35. The Morgan fingerprint density at radius 3 is 2.72 bits per heavy atom. The van der Waals surface area contributed by atoms with Crippen molar-refractivity contribution in [2.45, 2.75) is 18.4 Å². The normalized spacial score (nSPS) is 13.8. The summed E-state index contributed by atoms with van der Waals surface area (Å²) >= 11 is 1.69. The van der Waals surface area contributed by atoms with E-state index in [9.17, 15) is 8.42 Å². The third-order valence-corrected chi connectivity index (χ3v) is 4.92. The highest BCUT2D eigenvalue weighted by Crippen LogP contribution is 2.14. The second kappa shape index (κ2) is 6.60. The molecule has 1 atom stereocenters. The summed E-state index contributed by atoms with van der Waals surface area (Å²) in [5, 5.41) is 9.05. The third-order valence-electron chi connectivity index (χ3n) is 2.63. The van der Waals surface area contributed by atoms with E-state index in [4.69, 9.17) is 5.11 Å². The van der Waals surface area contributed by atoms with Crippen molar-refractivity contribution in [3.63, 3.8) is 0 Å². The van der Waals surface area contributed by atoms with Crippen LogP contribution in [0.25, 0.3) is 0 Å². The van der Waals surface area contributed by atoms with E-state index in [1.165, 1.54) is 12.3 Å². The van der Waals surface area contributed by atoms with Crippen molar-refractivity contribution in [1.82, 2.24) is 9.29 Å². The van der Waals surface area contributed by atoms with Crippen LogP contribution in [0.15, 0.2) is 17.2 Å². The van der Waals surface area contributed by atoms with Gasteiger partial charge in [0.15, 0.2) is 0 Å². The highest BCUT2D eigenvalue weighted by Gasteiger charge is 2.17. The van der Waals surface area contributed by atoms with Gasteiger partial charge in [-0.05, 0) is 24.0 Å². The maximum atomic E-state index is 12.0. The Bertz CT molecular complexity index is 482. The van der Waals surface area contributed by atoms with E-state index >= 15 is 0 Å². The number of nitrogens with zero attached hydrogens (tertiary/aromatic N) is 1. The van der Waals surface area contributed by atoms with Crippen LogP contribution in [0, 0.1) is 5.92 Å². The molecule has 1 aromatic heterocycles. The van der Waals surface area contributed by atoms with Crippen molar-refractivity contribution < 1.29 is 13.5 Å². The highest BCUT2D eigenvalue weighted by atomic mass is 32.2. The lowest BCUT2D eigenvalue weighted by molar-refractivity contribution is 0.272. The quantitative estimate of drug-likeness (QED) is 0.779. The van der Waals surface area contributed by atoms with Crippen LogP contribution in [-0.2, 0) is 23.7 Å². The van der Waals surface area contributed by atoms with Crippen LogP contribution in [0.2, 0.25) is 0 Å². The minimum atomic E-state index is -3.48. The first-order valence-corrected chi connectivity index (χ1v) is 8.53. The zero-order valence-corrected chi connectivity index (χ0v) is 12.5. The van der Waals surface area contributed by atoms with Gasteiger partial charge in [0.1, 0.15) is 0 Å². The molecule has 0 bridgehead atoms. The van der Waals surface area contributed by atoms with E-state index in [1.807, 2.05) is 13.2 Å². The number of aromatic nitrogens is 1. The van der Waals surface area contributed by atoms with Gasteiger partial charge in [-0.15, -0.1) is 0 Å². The molecule has 0 fully saturated rings. The number of hydrogen-bond donors (Lipinski definition) is 2. The summed E-state index contributed by atoms with van der Waals surface area (Å²) in [7, 11) is -1.77. The minimum absolute atomic E-state index is 0.172. The van der Waals surface area contributed by atoms with Crippen LogP contribution in [0.5, 0.6) is 0 Å². The zero-order chi connectivity index (χ0) is 13.8. The largest absolute Gasteiger partial charge is 0.390 e. The number of nitrogens with one attached hydrogen (secondary N) is 1. The predicted molar refractivity (Wildman–Crippen MR) is 74.1 cm³/mol. The highest BCUT2D eigenvalue weighted by molar-refractivity contribution is 7.98. The van der Waals surface area contributed by atoms with Gasteiger partial charge in [-0.25, -0.2) is 13.1 Å². The molecule has 1 aromatic rings. The Hall–Kier alpha value is -0.500. The molecule has 0 aliphatic heterocycles. The minimum Gasteiger partial charge on any atom is -0.390 e. The molecule has 0 amide bonds. The summed E-state index contributed by atoms with van der Waals surface area (Å²) in [6.07, 6.45) is 3.50. The van der Waals surface area contributed by atoms with Gasteiger partial charge in [0.25, 0.3) is 0 Å². The van der Waals surface area contributed by atoms with Gasteiger partial charge in [0.2, 0.25) is 10.0 Å². The van der Waals surface area contributed by atoms with Gasteiger partial charge in [-0.1, -0.05) is 6.92 Å². The average Bonchev–Trinajstić information content (AvgIpc) is 2.69. The SMILES string of the molecule is CSCC(C)CNS(=O)(=O)c1cc(CO)n(C)c1. The van der Waals surface area contributed by atoms with E-state index in [0.29, 0.717) is 12.2 Å². The molecule has 0 aliphatic carbocycles. The van der Waals surface area contributed by atoms with Gasteiger partial charge in [-0.2, -0.15) is 11.8 Å². The number of hydrogen-bond acceptors (Lipinski definition) is 4. The van der Waals surface area contributed by atoms with Crippen LogP contribution < -0.4 is 4.72 Å². The lowest BCUT2D eigenvalue weighted by atomic mass is 10.2. The van der Waals surface area contributed by atoms with Gasteiger partial charge in [0, 0.05) is 25.5 Å². The van der Waals surface area contributed by atoms with Crippen LogP contribution in [0.3, 0.4) is 0 Å². The summed E-state index contributed by atoms with van der Waals surface area (Å²) in [5.41, 5.74) is 0.576. The topological polar surface area (TPSA) is 71.3 Å². The number of aliphatic hydroxyl groups is 1. The van der Waals surface area contributed by atoms with E-state index in [-0.39, 0.29) is 17.4 Å². The lowest BCUT2D eigenvalue weighted by Gasteiger charge is -2.10. The summed E-state index contributed by atoms with van der Waals surface area (Å²) in [6, 6.07) is 1.49. The van der Waals surface area contributed by atoms with Crippen molar-refractivity contribution in [2.24, 2.45) is 13.0 Å². The number of aliphatic hydroxyl groups excluding tert-OH is 1.